The van der Waals surface area contributed by atoms with E-state index in [4.69, 9.17) is 9.05 Å². The monoisotopic (exact) mass is 521 g/mol. The van der Waals surface area contributed by atoms with Gasteiger partial charge in [-0.1, -0.05) is 24.3 Å². The van der Waals surface area contributed by atoms with Gasteiger partial charge in [0, 0.05) is 6.26 Å². The highest BCUT2D eigenvalue weighted by Crippen LogP contribution is 2.50. The number of allylic oxidation sites excluding steroid dienone is 2. The van der Waals surface area contributed by atoms with E-state index >= 15 is 0 Å². The number of carbonyl (C=O) groups excluding carboxylic acids is 1. The van der Waals surface area contributed by atoms with E-state index in [1.165, 1.54) is 24.5 Å². The molecule has 2 aromatic rings. The van der Waals surface area contributed by atoms with Gasteiger partial charge in [-0.2, -0.15) is 0 Å². The van der Waals surface area contributed by atoms with Crippen LogP contribution in [0.25, 0.3) is 0 Å². The van der Waals surface area contributed by atoms with Crippen molar-refractivity contribution in [2.24, 2.45) is 5.92 Å². The second-order valence-electron chi connectivity index (χ2n) is 8.43. The smallest absolute Gasteiger partial charge is 0.309 e. The van der Waals surface area contributed by atoms with Gasteiger partial charge >= 0.3 is 7.60 Å². The van der Waals surface area contributed by atoms with Crippen molar-refractivity contribution < 1.29 is 26.8 Å². The fourth-order valence-electron chi connectivity index (χ4n) is 3.98. The van der Waals surface area contributed by atoms with Crippen LogP contribution >= 0.6 is 7.60 Å². The van der Waals surface area contributed by atoms with Crippen LogP contribution in [0.2, 0.25) is 0 Å². The number of benzene rings is 1. The van der Waals surface area contributed by atoms with Crippen LogP contribution in [-0.2, 0) is 34.4 Å². The van der Waals surface area contributed by atoms with Crippen LogP contribution in [-0.4, -0.2) is 43.8 Å². The van der Waals surface area contributed by atoms with E-state index in [2.05, 4.69) is 27.4 Å². The fraction of sp³-hybridized carbons (Fsp3) is 0.458. The number of hydrogen-bond donors (Lipinski definition) is 1. The van der Waals surface area contributed by atoms with Gasteiger partial charge in [0.2, 0.25) is 5.91 Å². The molecular weight excluding hydrogens is 489 g/mol. The lowest BCUT2D eigenvalue weighted by atomic mass is 9.87. The number of anilines is 1. The molecule has 190 valence electrons. The second kappa shape index (κ2) is 12.0. The van der Waals surface area contributed by atoms with Gasteiger partial charge in [0.1, 0.15) is 0 Å². The molecule has 1 amide bonds. The third-order valence-electron chi connectivity index (χ3n) is 5.67. The number of nitrogens with zero attached hydrogens (tertiary/aromatic N) is 2. The molecule has 1 N–H and O–H groups in total. The van der Waals surface area contributed by atoms with Gasteiger partial charge in [-0.25, -0.2) is 13.4 Å². The van der Waals surface area contributed by atoms with Crippen LogP contribution in [0.4, 0.5) is 5.82 Å². The van der Waals surface area contributed by atoms with Gasteiger partial charge < -0.3 is 14.4 Å². The van der Waals surface area contributed by atoms with Gasteiger partial charge in [0.25, 0.3) is 0 Å². The molecule has 1 aromatic carbocycles. The average molecular weight is 522 g/mol. The Balaban J connectivity index is 1.75. The van der Waals surface area contributed by atoms with E-state index in [0.717, 1.165) is 24.7 Å². The minimum atomic E-state index is -3.33. The van der Waals surface area contributed by atoms with Crippen molar-refractivity contribution in [3.63, 3.8) is 0 Å². The van der Waals surface area contributed by atoms with E-state index < -0.39 is 23.4 Å². The number of carbonyl (C=O) groups is 1. The summed E-state index contributed by atoms with van der Waals surface area (Å²) in [6.45, 7) is 3.98. The van der Waals surface area contributed by atoms with E-state index in [1.807, 2.05) is 0 Å². The van der Waals surface area contributed by atoms with Crippen molar-refractivity contribution in [1.29, 1.82) is 0 Å². The lowest BCUT2D eigenvalue weighted by Gasteiger charge is -2.21. The standard InChI is InChI=1S/C24H32N3O6PS/c1-4-32-34(29,33-5-2)17-20-15-26-23(16-25-20)27-24(28)22(14-18-8-6-7-9-18)19-10-12-21(13-11-19)35(3,30)31/h6-7,10-13,15-16,18,22H,4-5,8-9,14,17H2,1-3H3,(H,26,27,28)/t22-/m1/s1. The first-order valence-electron chi connectivity index (χ1n) is 11.6. The Hall–Kier alpha value is -2.39. The molecule has 0 radical (unpaired) electrons. The van der Waals surface area contributed by atoms with Crippen LogP contribution in [0.5, 0.6) is 0 Å². The minimum absolute atomic E-state index is 0.0140. The molecule has 0 saturated heterocycles. The first-order valence-corrected chi connectivity index (χ1v) is 15.2. The SMILES string of the molecule is CCOP(=O)(Cc1cnc(NC(=O)[C@H](CC2CC=CC2)c2ccc(S(C)(=O)=O)cc2)cn1)OCC. The summed E-state index contributed by atoms with van der Waals surface area (Å²) in [4.78, 5) is 22.0. The van der Waals surface area contributed by atoms with Gasteiger partial charge in [-0.15, -0.1) is 0 Å². The number of amides is 1. The predicted molar refractivity (Wildman–Crippen MR) is 134 cm³/mol. The largest absolute Gasteiger partial charge is 0.336 e. The summed E-state index contributed by atoms with van der Waals surface area (Å²) in [6.07, 6.45) is 10.6. The third-order valence-corrected chi connectivity index (χ3v) is 8.81. The van der Waals surface area contributed by atoms with Gasteiger partial charge in [-0.3, -0.25) is 14.3 Å². The summed E-state index contributed by atoms with van der Waals surface area (Å²) in [5.74, 6) is -0.129. The number of hydrogen-bond acceptors (Lipinski definition) is 8. The molecule has 0 fully saturated rings. The number of nitrogens with one attached hydrogen (secondary N) is 1. The summed E-state index contributed by atoms with van der Waals surface area (Å²) in [7, 11) is -6.64. The van der Waals surface area contributed by atoms with Crippen LogP contribution in [0.15, 0.2) is 53.7 Å². The quantitative estimate of drug-likeness (QED) is 0.314. The molecule has 9 nitrogen and oxygen atoms in total. The Morgan fingerprint density at radius 2 is 1.71 bits per heavy atom. The molecule has 1 heterocycles. The third kappa shape index (κ3) is 7.80. The maximum atomic E-state index is 13.3. The summed E-state index contributed by atoms with van der Waals surface area (Å²) in [5, 5.41) is 2.82. The van der Waals surface area contributed by atoms with Crippen LogP contribution in [0, 0.1) is 5.92 Å². The van der Waals surface area contributed by atoms with E-state index in [-0.39, 0.29) is 36.0 Å². The van der Waals surface area contributed by atoms with E-state index in [9.17, 15) is 17.8 Å². The van der Waals surface area contributed by atoms with Gasteiger partial charge in [0.15, 0.2) is 15.7 Å². The summed E-state index contributed by atoms with van der Waals surface area (Å²) < 4.78 is 46.9. The molecule has 0 bridgehead atoms. The minimum Gasteiger partial charge on any atom is -0.309 e. The first-order chi connectivity index (χ1) is 16.6. The Labute approximate surface area is 206 Å². The second-order valence-corrected chi connectivity index (χ2v) is 12.5. The maximum absolute atomic E-state index is 13.3. The number of rotatable bonds is 12. The predicted octanol–water partition coefficient (Wildman–Crippen LogP) is 4.72. The summed E-state index contributed by atoms with van der Waals surface area (Å²) in [6, 6.07) is 6.44. The molecular formula is C24H32N3O6PS. The normalized spacial score (nSPS) is 15.3. The van der Waals surface area contributed by atoms with Crippen molar-refractivity contribution in [2.45, 2.75) is 50.1 Å². The molecule has 1 atom stereocenters. The molecule has 1 aliphatic carbocycles. The number of sulfone groups is 1. The van der Waals surface area contributed by atoms with Gasteiger partial charge in [0.05, 0.1) is 48.3 Å². The van der Waals surface area contributed by atoms with Crippen LogP contribution in [0.3, 0.4) is 0 Å². The molecule has 3 rings (SSSR count). The Bertz CT molecular complexity index is 1160. The van der Waals surface area contributed by atoms with Crippen molar-refractivity contribution in [3.8, 4) is 0 Å². The van der Waals surface area contributed by atoms with E-state index in [1.54, 1.807) is 26.0 Å². The highest BCUT2D eigenvalue weighted by molar-refractivity contribution is 7.90. The van der Waals surface area contributed by atoms with Gasteiger partial charge in [-0.05, 0) is 56.7 Å². The molecule has 0 aliphatic heterocycles. The Morgan fingerprint density at radius 3 is 2.23 bits per heavy atom. The molecule has 11 heteroatoms. The Morgan fingerprint density at radius 1 is 1.09 bits per heavy atom. The van der Waals surface area contributed by atoms with Crippen molar-refractivity contribution in [3.05, 3.63) is 60.1 Å². The highest BCUT2D eigenvalue weighted by atomic mass is 32.2. The molecule has 0 saturated carbocycles. The summed E-state index contributed by atoms with van der Waals surface area (Å²) in [5.41, 5.74) is 1.17. The molecule has 35 heavy (non-hydrogen) atoms. The fourth-order valence-corrected chi connectivity index (χ4v) is 6.21. The zero-order valence-corrected chi connectivity index (χ0v) is 21.9. The average Bonchev–Trinajstić information content (AvgIpc) is 3.32. The lowest BCUT2D eigenvalue weighted by molar-refractivity contribution is -0.118. The van der Waals surface area contributed by atoms with Crippen LogP contribution in [0.1, 0.15) is 50.3 Å². The van der Waals surface area contributed by atoms with Crippen molar-refractivity contribution >= 4 is 29.2 Å². The first kappa shape index (κ1) is 27.2. The topological polar surface area (TPSA) is 125 Å². The zero-order chi connectivity index (χ0) is 25.5. The molecule has 0 unspecified atom stereocenters. The zero-order valence-electron chi connectivity index (χ0n) is 20.2. The maximum Gasteiger partial charge on any atom is 0.336 e. The van der Waals surface area contributed by atoms with Crippen LogP contribution < -0.4 is 5.32 Å². The lowest BCUT2D eigenvalue weighted by Crippen LogP contribution is -2.24. The molecule has 1 aliphatic rings. The van der Waals surface area contributed by atoms with Crippen molar-refractivity contribution in [2.75, 3.05) is 24.8 Å². The summed E-state index contributed by atoms with van der Waals surface area (Å²) >= 11 is 0. The Kier molecular flexibility index (Phi) is 9.35. The number of aromatic nitrogens is 2. The highest BCUT2D eigenvalue weighted by Gasteiger charge is 2.27. The molecule has 0 spiro atoms. The van der Waals surface area contributed by atoms with E-state index in [0.29, 0.717) is 18.0 Å². The molecule has 1 aromatic heterocycles. The van der Waals surface area contributed by atoms with Crippen molar-refractivity contribution in [1.82, 2.24) is 9.97 Å².